The molecule has 0 aliphatic heterocycles. The zero-order valence-corrected chi connectivity index (χ0v) is 12.4. The van der Waals surface area contributed by atoms with Gasteiger partial charge in [-0.15, -0.1) is 0 Å². The van der Waals surface area contributed by atoms with Gasteiger partial charge in [0.25, 0.3) is 5.56 Å². The number of benzene rings is 1. The monoisotopic (exact) mass is 292 g/mol. The van der Waals surface area contributed by atoms with Crippen LogP contribution in [0.15, 0.2) is 34.2 Å². The highest BCUT2D eigenvalue weighted by atomic mass is 32.2. The summed E-state index contributed by atoms with van der Waals surface area (Å²) in [5, 5.41) is 0.952. The van der Waals surface area contributed by atoms with Crippen LogP contribution in [0, 0.1) is 0 Å². The highest BCUT2D eigenvalue weighted by Crippen LogP contribution is 2.16. The van der Waals surface area contributed by atoms with Crippen molar-refractivity contribution in [3.8, 4) is 0 Å². The number of carbonyl (C=O) groups excluding carboxylic acids is 1. The fourth-order valence-electron chi connectivity index (χ4n) is 1.63. The fraction of sp³-hybridized carbons (Fsp3) is 0.357. The number of hydrogen-bond acceptors (Lipinski definition) is 5. The van der Waals surface area contributed by atoms with Crippen molar-refractivity contribution in [3.63, 3.8) is 0 Å². The molecule has 0 bridgehead atoms. The Morgan fingerprint density at radius 2 is 2.05 bits per heavy atom. The third-order valence-corrected chi connectivity index (χ3v) is 3.18. The van der Waals surface area contributed by atoms with E-state index in [1.54, 1.807) is 18.2 Å². The third-order valence-electron chi connectivity index (χ3n) is 2.34. The number of aromatic nitrogens is 2. The van der Waals surface area contributed by atoms with E-state index < -0.39 is 5.60 Å². The Hall–Kier alpha value is -1.82. The summed E-state index contributed by atoms with van der Waals surface area (Å²) in [4.78, 5) is 30.4. The quantitative estimate of drug-likeness (QED) is 0.534. The maximum Gasteiger partial charge on any atom is 0.316 e. The molecular formula is C14H16N2O3S. The lowest BCUT2D eigenvalue weighted by atomic mass is 10.2. The van der Waals surface area contributed by atoms with Crippen molar-refractivity contribution in [2.24, 2.45) is 0 Å². The van der Waals surface area contributed by atoms with Crippen LogP contribution in [0.1, 0.15) is 20.8 Å². The van der Waals surface area contributed by atoms with E-state index in [0.717, 1.165) is 11.8 Å². The van der Waals surface area contributed by atoms with Crippen LogP contribution in [0.25, 0.3) is 10.9 Å². The smallest absolute Gasteiger partial charge is 0.316 e. The number of ether oxygens (including phenoxy) is 1. The molecule has 1 aromatic heterocycles. The van der Waals surface area contributed by atoms with Gasteiger partial charge in [-0.1, -0.05) is 23.9 Å². The molecule has 1 N–H and O–H groups in total. The molecule has 0 unspecified atom stereocenters. The summed E-state index contributed by atoms with van der Waals surface area (Å²) in [6.45, 7) is 5.43. The number of thioether (sulfide) groups is 1. The number of carbonyl (C=O) groups is 1. The minimum atomic E-state index is -0.512. The predicted molar refractivity (Wildman–Crippen MR) is 78.9 cm³/mol. The second kappa shape index (κ2) is 5.66. The van der Waals surface area contributed by atoms with Gasteiger partial charge in [-0.3, -0.25) is 9.59 Å². The van der Waals surface area contributed by atoms with Gasteiger partial charge in [-0.2, -0.15) is 0 Å². The number of aromatic amines is 1. The molecule has 0 aliphatic rings. The molecule has 0 radical (unpaired) electrons. The fourth-order valence-corrected chi connectivity index (χ4v) is 2.27. The van der Waals surface area contributed by atoms with Crippen molar-refractivity contribution in [1.82, 2.24) is 9.97 Å². The van der Waals surface area contributed by atoms with E-state index >= 15 is 0 Å². The number of nitrogens with one attached hydrogen (secondary N) is 1. The Labute approximate surface area is 120 Å². The van der Waals surface area contributed by atoms with Gasteiger partial charge in [-0.05, 0) is 32.9 Å². The molecule has 0 saturated carbocycles. The molecule has 106 valence electrons. The normalized spacial score (nSPS) is 11.6. The molecule has 6 heteroatoms. The van der Waals surface area contributed by atoms with Crippen LogP contribution >= 0.6 is 11.8 Å². The van der Waals surface area contributed by atoms with Crippen molar-refractivity contribution < 1.29 is 9.53 Å². The van der Waals surface area contributed by atoms with Gasteiger partial charge in [0.2, 0.25) is 0 Å². The Morgan fingerprint density at radius 3 is 2.75 bits per heavy atom. The van der Waals surface area contributed by atoms with E-state index in [4.69, 9.17) is 4.74 Å². The second-order valence-electron chi connectivity index (χ2n) is 5.26. The van der Waals surface area contributed by atoms with Gasteiger partial charge in [0.05, 0.1) is 16.7 Å². The van der Waals surface area contributed by atoms with E-state index in [1.165, 1.54) is 0 Å². The minimum absolute atomic E-state index is 0.110. The first kappa shape index (κ1) is 14.6. The van der Waals surface area contributed by atoms with Crippen LogP contribution in [0.2, 0.25) is 0 Å². The number of nitrogens with zero attached hydrogens (tertiary/aromatic N) is 1. The lowest BCUT2D eigenvalue weighted by Crippen LogP contribution is -2.25. The van der Waals surface area contributed by atoms with Crippen molar-refractivity contribution in [1.29, 1.82) is 0 Å². The topological polar surface area (TPSA) is 72.0 Å². The first-order valence-corrected chi connectivity index (χ1v) is 7.17. The standard InChI is InChI=1S/C14H16N2O3S/c1-14(2,3)19-11(17)8-20-13-15-10-7-5-4-6-9(10)12(18)16-13/h4-7H,8H2,1-3H3,(H,15,16,18). The highest BCUT2D eigenvalue weighted by molar-refractivity contribution is 7.99. The largest absolute Gasteiger partial charge is 0.459 e. The number of rotatable bonds is 3. The molecule has 0 spiro atoms. The van der Waals surface area contributed by atoms with E-state index in [9.17, 15) is 9.59 Å². The zero-order valence-electron chi connectivity index (χ0n) is 11.6. The van der Waals surface area contributed by atoms with Gasteiger partial charge >= 0.3 is 5.97 Å². The molecule has 0 fully saturated rings. The summed E-state index contributed by atoms with van der Waals surface area (Å²) in [5.74, 6) is -0.225. The number of H-pyrrole nitrogens is 1. The molecule has 1 heterocycles. The van der Waals surface area contributed by atoms with Crippen molar-refractivity contribution in [2.75, 3.05) is 5.75 Å². The number of para-hydroxylation sites is 1. The average Bonchev–Trinajstić information content (AvgIpc) is 2.34. The van der Waals surface area contributed by atoms with E-state index in [2.05, 4.69) is 9.97 Å². The predicted octanol–water partition coefficient (Wildman–Crippen LogP) is 2.36. The lowest BCUT2D eigenvalue weighted by molar-refractivity contribution is -0.151. The maximum atomic E-state index is 11.8. The summed E-state index contributed by atoms with van der Waals surface area (Å²) in [5.41, 5.74) is -0.104. The average molecular weight is 292 g/mol. The first-order chi connectivity index (χ1) is 9.35. The van der Waals surface area contributed by atoms with Gasteiger partial charge < -0.3 is 9.72 Å². The number of hydrogen-bond donors (Lipinski definition) is 1. The van der Waals surface area contributed by atoms with Crippen LogP contribution in [0.5, 0.6) is 0 Å². The molecule has 2 rings (SSSR count). The third kappa shape index (κ3) is 3.84. The molecule has 1 aromatic carbocycles. The molecule has 0 atom stereocenters. The van der Waals surface area contributed by atoms with Crippen LogP contribution in [0.4, 0.5) is 0 Å². The molecule has 0 aliphatic carbocycles. The molecular weight excluding hydrogens is 276 g/mol. The molecule has 20 heavy (non-hydrogen) atoms. The Morgan fingerprint density at radius 1 is 1.35 bits per heavy atom. The number of fused-ring (bicyclic) bond motifs is 1. The Kier molecular flexibility index (Phi) is 4.13. The Bertz CT molecular complexity index is 689. The molecule has 2 aromatic rings. The van der Waals surface area contributed by atoms with Crippen LogP contribution < -0.4 is 5.56 Å². The molecule has 0 saturated heterocycles. The summed E-state index contributed by atoms with van der Waals surface area (Å²) >= 11 is 1.16. The summed E-state index contributed by atoms with van der Waals surface area (Å²) < 4.78 is 5.20. The summed E-state index contributed by atoms with van der Waals surface area (Å²) in [6, 6.07) is 7.08. The van der Waals surface area contributed by atoms with Gasteiger partial charge in [0.15, 0.2) is 5.16 Å². The highest BCUT2D eigenvalue weighted by Gasteiger charge is 2.16. The van der Waals surface area contributed by atoms with E-state index in [0.29, 0.717) is 16.1 Å². The Balaban J connectivity index is 2.11. The van der Waals surface area contributed by atoms with Gasteiger partial charge in [0, 0.05) is 0 Å². The van der Waals surface area contributed by atoms with Crippen LogP contribution in [0.3, 0.4) is 0 Å². The van der Waals surface area contributed by atoms with Gasteiger partial charge in [-0.25, -0.2) is 4.98 Å². The summed E-state index contributed by atoms with van der Waals surface area (Å²) in [6.07, 6.45) is 0. The molecule has 5 nitrogen and oxygen atoms in total. The van der Waals surface area contributed by atoms with E-state index in [1.807, 2.05) is 26.8 Å². The van der Waals surface area contributed by atoms with Crippen molar-refractivity contribution in [2.45, 2.75) is 31.5 Å². The van der Waals surface area contributed by atoms with Crippen LogP contribution in [-0.4, -0.2) is 27.3 Å². The zero-order chi connectivity index (χ0) is 14.8. The molecule has 0 amide bonds. The SMILES string of the molecule is CC(C)(C)OC(=O)CSc1nc2ccccc2c(=O)[nH]1. The van der Waals surface area contributed by atoms with Gasteiger partial charge in [0.1, 0.15) is 5.60 Å². The van der Waals surface area contributed by atoms with E-state index in [-0.39, 0.29) is 17.3 Å². The van der Waals surface area contributed by atoms with Crippen LogP contribution in [-0.2, 0) is 9.53 Å². The lowest BCUT2D eigenvalue weighted by Gasteiger charge is -2.19. The summed E-state index contributed by atoms with van der Waals surface area (Å²) in [7, 11) is 0. The second-order valence-corrected chi connectivity index (χ2v) is 6.23. The minimum Gasteiger partial charge on any atom is -0.459 e. The van der Waals surface area contributed by atoms with Crippen molar-refractivity contribution in [3.05, 3.63) is 34.6 Å². The maximum absolute atomic E-state index is 11.8. The first-order valence-electron chi connectivity index (χ1n) is 6.19. The number of esters is 1. The van der Waals surface area contributed by atoms with Crippen molar-refractivity contribution >= 4 is 28.6 Å².